The number of carboxylic acid groups (broad SMARTS) is 1. The van der Waals surface area contributed by atoms with Crippen LogP contribution in [0.25, 0.3) is 11.3 Å². The van der Waals surface area contributed by atoms with Crippen LogP contribution in [-0.2, 0) is 11.3 Å². The number of aromatic nitrogens is 1. The van der Waals surface area contributed by atoms with Crippen molar-refractivity contribution in [1.29, 1.82) is 0 Å². The van der Waals surface area contributed by atoms with Crippen molar-refractivity contribution in [3.8, 4) is 22.8 Å². The van der Waals surface area contributed by atoms with Gasteiger partial charge in [-0.2, -0.15) is 0 Å². The van der Waals surface area contributed by atoms with Gasteiger partial charge < -0.3 is 23.9 Å². The van der Waals surface area contributed by atoms with E-state index in [1.807, 2.05) is 26.0 Å². The van der Waals surface area contributed by atoms with Crippen molar-refractivity contribution < 1.29 is 24.1 Å². The van der Waals surface area contributed by atoms with E-state index in [1.165, 1.54) is 18.7 Å². The summed E-state index contributed by atoms with van der Waals surface area (Å²) in [6, 6.07) is 5.05. The first kappa shape index (κ1) is 22.5. The van der Waals surface area contributed by atoms with Crippen LogP contribution in [0, 0.1) is 6.92 Å². The van der Waals surface area contributed by atoms with Crippen molar-refractivity contribution in [3.05, 3.63) is 45.7 Å². The fourth-order valence-electron chi connectivity index (χ4n) is 2.91. The third-order valence-corrected chi connectivity index (χ3v) is 4.19. The zero-order chi connectivity index (χ0) is 21.4. The van der Waals surface area contributed by atoms with E-state index in [-0.39, 0.29) is 5.56 Å². The number of fused-ring (bicyclic) bond motifs is 3. The van der Waals surface area contributed by atoms with Gasteiger partial charge in [-0.05, 0) is 25.5 Å². The lowest BCUT2D eigenvalue weighted by atomic mass is 10.0. The summed E-state index contributed by atoms with van der Waals surface area (Å²) in [7, 11) is 0. The molecule has 0 amide bonds. The Labute approximate surface area is 170 Å². The number of ether oxygens (including phenoxy) is 3. The molecule has 0 saturated heterocycles. The molecule has 3 rings (SSSR count). The molecule has 7 nitrogen and oxygen atoms in total. The molecule has 0 spiro atoms. The Morgan fingerprint density at radius 1 is 1.21 bits per heavy atom. The highest BCUT2D eigenvalue weighted by Gasteiger charge is 2.20. The molecular weight excluding hydrogens is 374 g/mol. The van der Waals surface area contributed by atoms with E-state index in [1.54, 1.807) is 4.57 Å². The number of hydrogen-bond donors (Lipinski definition) is 1. The number of pyridine rings is 1. The molecule has 1 N–H and O–H groups in total. The minimum Gasteiger partial charge on any atom is -0.491 e. The van der Waals surface area contributed by atoms with Crippen LogP contribution in [0.2, 0.25) is 0 Å². The van der Waals surface area contributed by atoms with E-state index >= 15 is 0 Å². The summed E-state index contributed by atoms with van der Waals surface area (Å²) >= 11 is 0. The number of carbonyl (C=O) groups is 1. The van der Waals surface area contributed by atoms with Gasteiger partial charge in [-0.3, -0.25) is 4.79 Å². The monoisotopic (exact) mass is 403 g/mol. The van der Waals surface area contributed by atoms with Crippen LogP contribution >= 0.6 is 0 Å². The predicted octanol–water partition coefficient (Wildman–Crippen LogP) is 3.75. The van der Waals surface area contributed by atoms with E-state index in [0.29, 0.717) is 50.2 Å². The van der Waals surface area contributed by atoms with Gasteiger partial charge in [-0.25, -0.2) is 4.79 Å². The van der Waals surface area contributed by atoms with Crippen LogP contribution in [-0.4, -0.2) is 42.1 Å². The second-order valence-electron chi connectivity index (χ2n) is 6.65. The summed E-state index contributed by atoms with van der Waals surface area (Å²) in [5.74, 6) is 0.0713. The molecule has 7 heteroatoms. The maximum absolute atomic E-state index is 12.1. The van der Waals surface area contributed by atoms with Crippen molar-refractivity contribution in [3.63, 3.8) is 0 Å². The fourth-order valence-corrected chi connectivity index (χ4v) is 2.91. The molecule has 2 aromatic rings. The maximum Gasteiger partial charge on any atom is 0.341 e. The number of aromatic carboxylic acids is 1. The van der Waals surface area contributed by atoms with Crippen LogP contribution in [0.1, 0.15) is 43.1 Å². The van der Waals surface area contributed by atoms with Crippen LogP contribution in [0.15, 0.2) is 29.2 Å². The Kier molecular flexibility index (Phi) is 8.27. The molecule has 1 aliphatic rings. The highest BCUT2D eigenvalue weighted by atomic mass is 16.5. The Morgan fingerprint density at radius 2 is 1.93 bits per heavy atom. The minimum absolute atomic E-state index is 0.246. The maximum atomic E-state index is 12.1. The van der Waals surface area contributed by atoms with Crippen molar-refractivity contribution in [2.75, 3.05) is 26.4 Å². The number of carboxylic acids is 1. The molecule has 1 aliphatic heterocycles. The van der Waals surface area contributed by atoms with Gasteiger partial charge in [-0.15, -0.1) is 0 Å². The van der Waals surface area contributed by atoms with Gasteiger partial charge in [0.05, 0.1) is 18.8 Å². The van der Waals surface area contributed by atoms with Crippen LogP contribution in [0.5, 0.6) is 11.5 Å². The number of hydrogen-bond acceptors (Lipinski definition) is 5. The molecule has 29 heavy (non-hydrogen) atoms. The fraction of sp³-hybridized carbons (Fsp3) is 0.455. The first-order valence-electron chi connectivity index (χ1n) is 9.88. The lowest BCUT2D eigenvalue weighted by Crippen LogP contribution is -2.19. The predicted molar refractivity (Wildman–Crippen MR) is 111 cm³/mol. The first-order chi connectivity index (χ1) is 13.9. The number of aryl methyl sites for hydroxylation is 1. The van der Waals surface area contributed by atoms with Crippen molar-refractivity contribution in [2.24, 2.45) is 0 Å². The summed E-state index contributed by atoms with van der Waals surface area (Å²) in [6.45, 7) is 10.5. The Morgan fingerprint density at radius 3 is 2.59 bits per heavy atom. The molecule has 158 valence electrons. The Balaban J connectivity index is 0.000000941. The third-order valence-electron chi connectivity index (χ3n) is 4.19. The minimum atomic E-state index is -1.23. The quantitative estimate of drug-likeness (QED) is 0.740. The van der Waals surface area contributed by atoms with Crippen molar-refractivity contribution in [2.45, 2.75) is 40.7 Å². The van der Waals surface area contributed by atoms with Gasteiger partial charge in [0, 0.05) is 30.5 Å². The number of nitrogens with zero attached hydrogens (tertiary/aromatic N) is 1. The lowest BCUT2D eigenvalue weighted by molar-refractivity contribution is 0.0694. The summed E-state index contributed by atoms with van der Waals surface area (Å²) < 4.78 is 18.6. The molecule has 0 aliphatic carbocycles. The molecule has 2 heterocycles. The third kappa shape index (κ3) is 5.60. The topological polar surface area (TPSA) is 87.0 Å². The zero-order valence-electron chi connectivity index (χ0n) is 17.5. The van der Waals surface area contributed by atoms with E-state index in [9.17, 15) is 9.59 Å². The molecule has 0 saturated carbocycles. The summed E-state index contributed by atoms with van der Waals surface area (Å²) in [5, 5.41) is 9.16. The van der Waals surface area contributed by atoms with E-state index in [4.69, 9.17) is 19.3 Å². The normalized spacial score (nSPS) is 11.9. The standard InChI is InChI=1S/C19H21NO6.C3H8/c1-3-24-6-7-26-17-10-18-13(8-12(17)2)15-9-16(21)14(19(22)23)11-20(15)4-5-25-18;1-3-2/h8-11H,3-7H2,1-2H3,(H,22,23);3H2,1-2H3. The number of rotatable bonds is 6. The molecule has 0 unspecified atom stereocenters. The SMILES string of the molecule is CCC.CCOCCOc1cc2c(cc1C)-c1cc(=O)c(C(=O)O)cn1CCO2. The molecule has 0 radical (unpaired) electrons. The smallest absolute Gasteiger partial charge is 0.341 e. The van der Waals surface area contributed by atoms with Crippen LogP contribution < -0.4 is 14.9 Å². The van der Waals surface area contributed by atoms with E-state index in [0.717, 1.165) is 11.1 Å². The first-order valence-corrected chi connectivity index (χ1v) is 9.88. The molecule has 0 bridgehead atoms. The second-order valence-corrected chi connectivity index (χ2v) is 6.65. The van der Waals surface area contributed by atoms with Gasteiger partial charge in [-0.1, -0.05) is 20.3 Å². The Hall–Kier alpha value is -2.80. The second kappa shape index (κ2) is 10.7. The van der Waals surface area contributed by atoms with Crippen molar-refractivity contribution >= 4 is 5.97 Å². The van der Waals surface area contributed by atoms with Gasteiger partial charge in [0.15, 0.2) is 5.43 Å². The largest absolute Gasteiger partial charge is 0.491 e. The average Bonchev–Trinajstić information content (AvgIpc) is 2.84. The molecule has 0 fully saturated rings. The van der Waals surface area contributed by atoms with Gasteiger partial charge in [0.2, 0.25) is 0 Å². The summed E-state index contributed by atoms with van der Waals surface area (Å²) in [5.41, 5.74) is 1.51. The highest BCUT2D eigenvalue weighted by molar-refractivity contribution is 5.87. The van der Waals surface area contributed by atoms with Crippen LogP contribution in [0.3, 0.4) is 0 Å². The molecular formula is C22H29NO6. The lowest BCUT2D eigenvalue weighted by Gasteiger charge is -2.15. The molecule has 1 aromatic carbocycles. The average molecular weight is 403 g/mol. The number of benzene rings is 1. The van der Waals surface area contributed by atoms with Gasteiger partial charge in [0.1, 0.15) is 30.3 Å². The van der Waals surface area contributed by atoms with Gasteiger partial charge >= 0.3 is 5.97 Å². The zero-order valence-corrected chi connectivity index (χ0v) is 17.5. The molecule has 0 atom stereocenters. The van der Waals surface area contributed by atoms with Gasteiger partial charge in [0.25, 0.3) is 0 Å². The molecule has 1 aromatic heterocycles. The van der Waals surface area contributed by atoms with E-state index < -0.39 is 11.4 Å². The van der Waals surface area contributed by atoms with Crippen molar-refractivity contribution in [1.82, 2.24) is 4.57 Å². The highest BCUT2D eigenvalue weighted by Crippen LogP contribution is 2.37. The summed E-state index contributed by atoms with van der Waals surface area (Å²) in [6.07, 6.45) is 2.63. The van der Waals surface area contributed by atoms with E-state index in [2.05, 4.69) is 13.8 Å². The Bertz CT molecular complexity index is 903. The van der Waals surface area contributed by atoms with Crippen LogP contribution in [0.4, 0.5) is 0 Å². The summed E-state index contributed by atoms with van der Waals surface area (Å²) in [4.78, 5) is 23.3.